The van der Waals surface area contributed by atoms with Crippen LogP contribution in [0.15, 0.2) is 4.52 Å². The van der Waals surface area contributed by atoms with Gasteiger partial charge in [0.05, 0.1) is 19.1 Å². The van der Waals surface area contributed by atoms with Crippen molar-refractivity contribution in [3.63, 3.8) is 0 Å². The van der Waals surface area contributed by atoms with Gasteiger partial charge in [0, 0.05) is 6.54 Å². The first-order chi connectivity index (χ1) is 9.28. The average Bonchev–Trinajstić information content (AvgIpc) is 2.73. The highest BCUT2D eigenvalue weighted by Gasteiger charge is 2.40. The number of aryl methyl sites for hydroxylation is 1. The lowest BCUT2D eigenvalue weighted by Gasteiger charge is -2.38. The summed E-state index contributed by atoms with van der Waals surface area (Å²) in [7, 11) is 0. The van der Waals surface area contributed by atoms with Crippen LogP contribution in [0.3, 0.4) is 0 Å². The van der Waals surface area contributed by atoms with Crippen LogP contribution in [0.4, 0.5) is 8.78 Å². The molecule has 0 aromatic carbocycles. The zero-order chi connectivity index (χ0) is 14.9. The third kappa shape index (κ3) is 3.30. The van der Waals surface area contributed by atoms with Crippen molar-refractivity contribution < 1.29 is 22.8 Å². The molecule has 1 amide bonds. The molecule has 1 aromatic rings. The molecule has 2 atom stereocenters. The summed E-state index contributed by atoms with van der Waals surface area (Å²) in [5.74, 6) is -3.06. The molecule has 0 N–H and O–H groups in total. The topological polar surface area (TPSA) is 68.5 Å². The van der Waals surface area contributed by atoms with Crippen molar-refractivity contribution in [1.82, 2.24) is 15.0 Å². The number of aromatic nitrogens is 2. The first-order valence-electron chi connectivity index (χ1n) is 6.37. The molecule has 0 radical (unpaired) electrons. The maximum atomic E-state index is 13.0. The normalized spacial score (nSPS) is 23.9. The monoisotopic (exact) mass is 289 g/mol. The molecule has 1 aromatic heterocycles. The van der Waals surface area contributed by atoms with E-state index in [9.17, 15) is 13.6 Å². The predicted molar refractivity (Wildman–Crippen MR) is 64.1 cm³/mol. The SMILES string of the molecule is Cc1noc([C@@H]2[C@@H](C)OCCN2C(=O)CC(C)(F)F)n1. The minimum Gasteiger partial charge on any atom is -0.374 e. The first-order valence-corrected chi connectivity index (χ1v) is 6.37. The van der Waals surface area contributed by atoms with Crippen molar-refractivity contribution in [2.24, 2.45) is 0 Å². The molecule has 1 aliphatic heterocycles. The van der Waals surface area contributed by atoms with E-state index in [0.29, 0.717) is 12.4 Å². The van der Waals surface area contributed by atoms with Crippen LogP contribution in [-0.2, 0) is 9.53 Å². The number of ether oxygens (including phenoxy) is 1. The molecule has 0 bridgehead atoms. The number of amides is 1. The molecule has 2 rings (SSSR count). The smallest absolute Gasteiger partial charge is 0.254 e. The molecule has 20 heavy (non-hydrogen) atoms. The molecule has 8 heteroatoms. The zero-order valence-corrected chi connectivity index (χ0v) is 11.6. The lowest BCUT2D eigenvalue weighted by molar-refractivity contribution is -0.153. The molecular formula is C12H17F2N3O3. The van der Waals surface area contributed by atoms with E-state index in [1.165, 1.54) is 4.90 Å². The van der Waals surface area contributed by atoms with E-state index in [-0.39, 0.29) is 12.4 Å². The Balaban J connectivity index is 2.22. The van der Waals surface area contributed by atoms with Crippen molar-refractivity contribution in [3.05, 3.63) is 11.7 Å². The lowest BCUT2D eigenvalue weighted by Crippen LogP contribution is -2.48. The summed E-state index contributed by atoms with van der Waals surface area (Å²) in [6, 6.07) is -0.625. The Morgan fingerprint density at radius 1 is 1.55 bits per heavy atom. The van der Waals surface area contributed by atoms with E-state index in [4.69, 9.17) is 9.26 Å². The first kappa shape index (κ1) is 14.8. The van der Waals surface area contributed by atoms with Crippen molar-refractivity contribution in [2.75, 3.05) is 13.2 Å². The van der Waals surface area contributed by atoms with Gasteiger partial charge in [-0.05, 0) is 20.8 Å². The van der Waals surface area contributed by atoms with Crippen LogP contribution >= 0.6 is 0 Å². The summed E-state index contributed by atoms with van der Waals surface area (Å²) in [6.07, 6.45) is -1.23. The van der Waals surface area contributed by atoms with Crippen molar-refractivity contribution >= 4 is 5.91 Å². The van der Waals surface area contributed by atoms with E-state index in [0.717, 1.165) is 6.92 Å². The van der Waals surface area contributed by atoms with Crippen molar-refractivity contribution in [3.8, 4) is 0 Å². The second-order valence-corrected chi connectivity index (χ2v) is 5.03. The molecular weight excluding hydrogens is 272 g/mol. The standard InChI is InChI=1S/C12H17F2N3O3/c1-7-10(11-15-8(2)16-20-11)17(4-5-19-7)9(18)6-12(3,13)14/h7,10H,4-6H2,1-3H3/t7-,10+/m1/s1. The Morgan fingerprint density at radius 2 is 2.25 bits per heavy atom. The van der Waals surface area contributed by atoms with Crippen LogP contribution < -0.4 is 0 Å². The highest BCUT2D eigenvalue weighted by Crippen LogP contribution is 2.30. The summed E-state index contributed by atoms with van der Waals surface area (Å²) in [5.41, 5.74) is 0. The Kier molecular flexibility index (Phi) is 4.03. The number of carbonyl (C=O) groups excluding carboxylic acids is 1. The molecule has 0 aliphatic carbocycles. The van der Waals surface area contributed by atoms with E-state index in [1.807, 2.05) is 0 Å². The number of halogens is 2. The van der Waals surface area contributed by atoms with Crippen molar-refractivity contribution in [2.45, 2.75) is 45.3 Å². The highest BCUT2D eigenvalue weighted by atomic mass is 19.3. The quantitative estimate of drug-likeness (QED) is 0.847. The molecule has 0 unspecified atom stereocenters. The van der Waals surface area contributed by atoms with Gasteiger partial charge in [-0.15, -0.1) is 0 Å². The minimum absolute atomic E-state index is 0.211. The van der Waals surface area contributed by atoms with Crippen LogP contribution in [-0.4, -0.2) is 46.1 Å². The van der Waals surface area contributed by atoms with Crippen LogP contribution in [0.1, 0.15) is 38.0 Å². The maximum Gasteiger partial charge on any atom is 0.254 e. The van der Waals surface area contributed by atoms with E-state index < -0.39 is 30.4 Å². The summed E-state index contributed by atoms with van der Waals surface area (Å²) in [6.45, 7) is 4.64. The van der Waals surface area contributed by atoms with Gasteiger partial charge in [0.1, 0.15) is 6.04 Å². The average molecular weight is 289 g/mol. The molecule has 1 saturated heterocycles. The Bertz CT molecular complexity index is 487. The van der Waals surface area contributed by atoms with Gasteiger partial charge < -0.3 is 14.2 Å². The van der Waals surface area contributed by atoms with Crippen LogP contribution in [0, 0.1) is 6.92 Å². The number of hydrogen-bond donors (Lipinski definition) is 0. The largest absolute Gasteiger partial charge is 0.374 e. The minimum atomic E-state index is -3.05. The zero-order valence-electron chi connectivity index (χ0n) is 11.6. The summed E-state index contributed by atoms with van der Waals surface area (Å²) >= 11 is 0. The maximum absolute atomic E-state index is 13.0. The van der Waals surface area contributed by atoms with Gasteiger partial charge >= 0.3 is 0 Å². The van der Waals surface area contributed by atoms with Gasteiger partial charge in [0.25, 0.3) is 11.8 Å². The summed E-state index contributed by atoms with van der Waals surface area (Å²) < 4.78 is 36.6. The fourth-order valence-corrected chi connectivity index (χ4v) is 2.23. The fourth-order valence-electron chi connectivity index (χ4n) is 2.23. The van der Waals surface area contributed by atoms with Gasteiger partial charge in [0.2, 0.25) is 5.91 Å². The second kappa shape index (κ2) is 5.43. The van der Waals surface area contributed by atoms with Crippen LogP contribution in [0.2, 0.25) is 0 Å². The van der Waals surface area contributed by atoms with Gasteiger partial charge in [0.15, 0.2) is 5.82 Å². The number of hydrogen-bond acceptors (Lipinski definition) is 5. The number of alkyl halides is 2. The molecule has 112 valence electrons. The number of rotatable bonds is 3. The molecule has 0 spiro atoms. The predicted octanol–water partition coefficient (Wildman–Crippen LogP) is 1.71. The molecule has 1 aliphatic rings. The molecule has 6 nitrogen and oxygen atoms in total. The summed E-state index contributed by atoms with van der Waals surface area (Å²) in [4.78, 5) is 17.5. The van der Waals surface area contributed by atoms with Gasteiger partial charge in [-0.3, -0.25) is 4.79 Å². The number of morpholine rings is 1. The van der Waals surface area contributed by atoms with E-state index in [2.05, 4.69) is 10.1 Å². The van der Waals surface area contributed by atoms with Crippen molar-refractivity contribution in [1.29, 1.82) is 0 Å². The highest BCUT2D eigenvalue weighted by molar-refractivity contribution is 5.77. The van der Waals surface area contributed by atoms with E-state index >= 15 is 0 Å². The lowest BCUT2D eigenvalue weighted by atomic mass is 10.1. The fraction of sp³-hybridized carbons (Fsp3) is 0.750. The Morgan fingerprint density at radius 3 is 2.80 bits per heavy atom. The Labute approximate surface area is 115 Å². The van der Waals surface area contributed by atoms with Crippen LogP contribution in [0.25, 0.3) is 0 Å². The second-order valence-electron chi connectivity index (χ2n) is 5.03. The number of nitrogens with zero attached hydrogens (tertiary/aromatic N) is 3. The molecule has 2 heterocycles. The third-order valence-corrected chi connectivity index (χ3v) is 3.07. The van der Waals surface area contributed by atoms with Crippen LogP contribution in [0.5, 0.6) is 0 Å². The third-order valence-electron chi connectivity index (χ3n) is 3.07. The van der Waals surface area contributed by atoms with Gasteiger partial charge in [-0.2, -0.15) is 4.98 Å². The van der Waals surface area contributed by atoms with E-state index in [1.54, 1.807) is 13.8 Å². The molecule has 0 saturated carbocycles. The Hall–Kier alpha value is -1.57. The van der Waals surface area contributed by atoms with Gasteiger partial charge in [-0.25, -0.2) is 8.78 Å². The number of carbonyl (C=O) groups is 1. The van der Waals surface area contributed by atoms with Gasteiger partial charge in [-0.1, -0.05) is 5.16 Å². The molecule has 1 fully saturated rings. The summed E-state index contributed by atoms with van der Waals surface area (Å²) in [5, 5.41) is 3.67.